The Morgan fingerprint density at radius 3 is 2.10 bits per heavy atom. The van der Waals surface area contributed by atoms with E-state index in [-0.39, 0.29) is 17.4 Å². The van der Waals surface area contributed by atoms with Gasteiger partial charge in [0.1, 0.15) is 0 Å². The monoisotopic (exact) mass is 309 g/mol. The van der Waals surface area contributed by atoms with E-state index < -0.39 is 27.5 Å². The first-order chi connectivity index (χ1) is 9.08. The highest BCUT2D eigenvalue weighted by molar-refractivity contribution is 7.93. The maximum atomic E-state index is 12.5. The normalized spacial score (nSPS) is 16.8. The number of halogens is 3. The van der Waals surface area contributed by atoms with Gasteiger partial charge in [-0.2, -0.15) is 13.2 Å². The number of hydrogen-bond acceptors (Lipinski definition) is 3. The minimum Gasteiger partial charge on any atom is -0.394 e. The van der Waals surface area contributed by atoms with Gasteiger partial charge in [-0.1, -0.05) is 13.8 Å². The van der Waals surface area contributed by atoms with Gasteiger partial charge < -0.3 is 5.11 Å². The van der Waals surface area contributed by atoms with Gasteiger partial charge in [0.15, 0.2) is 0 Å². The van der Waals surface area contributed by atoms with Crippen molar-refractivity contribution in [3.8, 4) is 0 Å². The van der Waals surface area contributed by atoms with Gasteiger partial charge in [0.05, 0.1) is 27.9 Å². The summed E-state index contributed by atoms with van der Waals surface area (Å²) in [7, 11) is -2.83. The van der Waals surface area contributed by atoms with E-state index in [9.17, 15) is 22.5 Å². The molecular weight excluding hydrogens is 291 g/mol. The minimum atomic E-state index is -4.42. The highest BCUT2D eigenvalue weighted by Gasteiger charge is 2.30. The van der Waals surface area contributed by atoms with Crippen molar-refractivity contribution in [2.45, 2.75) is 31.0 Å². The number of alkyl halides is 3. The summed E-state index contributed by atoms with van der Waals surface area (Å²) in [5.74, 6) is -0.00442. The van der Waals surface area contributed by atoms with Crippen LogP contribution in [0.2, 0.25) is 0 Å². The molecule has 0 aromatic heterocycles. The Labute approximate surface area is 117 Å². The van der Waals surface area contributed by atoms with E-state index in [0.29, 0.717) is 0 Å². The molecule has 1 rings (SSSR count). The highest BCUT2D eigenvalue weighted by Crippen LogP contribution is 2.30. The molecule has 0 saturated carbocycles. The third-order valence-corrected chi connectivity index (χ3v) is 4.73. The molecule has 0 fully saturated rings. The molecule has 1 unspecified atom stereocenters. The summed E-state index contributed by atoms with van der Waals surface area (Å²) in [5, 5.41) is 9.19. The lowest BCUT2D eigenvalue weighted by molar-refractivity contribution is -0.137. The van der Waals surface area contributed by atoms with Crippen LogP contribution in [0.25, 0.3) is 0 Å². The Kier molecular flexibility index (Phi) is 5.21. The molecule has 0 bridgehead atoms. The van der Waals surface area contributed by atoms with E-state index in [2.05, 4.69) is 4.36 Å². The summed E-state index contributed by atoms with van der Waals surface area (Å²) in [6.45, 7) is 3.41. The van der Waals surface area contributed by atoms with E-state index in [4.69, 9.17) is 0 Å². The van der Waals surface area contributed by atoms with E-state index in [1.165, 1.54) is 18.4 Å². The maximum Gasteiger partial charge on any atom is 0.416 e. The van der Waals surface area contributed by atoms with Crippen LogP contribution in [0.1, 0.15) is 19.4 Å². The van der Waals surface area contributed by atoms with Crippen molar-refractivity contribution in [1.82, 2.24) is 0 Å². The van der Waals surface area contributed by atoms with E-state index in [1.807, 2.05) is 13.8 Å². The Hall–Kier alpha value is -1.08. The van der Waals surface area contributed by atoms with Crippen LogP contribution in [0.4, 0.5) is 13.2 Å². The second-order valence-electron chi connectivity index (χ2n) is 4.92. The fourth-order valence-electron chi connectivity index (χ4n) is 1.58. The smallest absolute Gasteiger partial charge is 0.394 e. The summed E-state index contributed by atoms with van der Waals surface area (Å²) >= 11 is 0. The molecule has 0 saturated heterocycles. The molecule has 1 N–H and O–H groups in total. The Balaban J connectivity index is 3.16. The minimum absolute atomic E-state index is 0.00442. The molecule has 2 atom stereocenters. The van der Waals surface area contributed by atoms with Crippen molar-refractivity contribution < 1.29 is 22.5 Å². The van der Waals surface area contributed by atoms with Crippen LogP contribution in [0.15, 0.2) is 33.5 Å². The van der Waals surface area contributed by atoms with Crippen LogP contribution < -0.4 is 0 Å². The van der Waals surface area contributed by atoms with Crippen LogP contribution in [0, 0.1) is 5.92 Å². The van der Waals surface area contributed by atoms with E-state index in [1.54, 1.807) is 0 Å². The zero-order valence-electron chi connectivity index (χ0n) is 11.5. The number of rotatable bonds is 4. The van der Waals surface area contributed by atoms with Gasteiger partial charge in [-0.05, 0) is 30.2 Å². The number of hydrogen-bond donors (Lipinski definition) is 1. The summed E-state index contributed by atoms with van der Waals surface area (Å²) in [5.41, 5.74) is -0.793. The van der Waals surface area contributed by atoms with Gasteiger partial charge in [-0.3, -0.25) is 0 Å². The maximum absolute atomic E-state index is 12.5. The molecule has 1 aromatic rings. The SMILES string of the molecule is CC(C)[C@H](CO)N=S(C)(=O)c1ccc(C(F)(F)F)cc1. The molecule has 0 aliphatic rings. The molecule has 20 heavy (non-hydrogen) atoms. The number of benzene rings is 1. The first-order valence-electron chi connectivity index (χ1n) is 6.07. The zero-order valence-corrected chi connectivity index (χ0v) is 12.3. The standard InChI is InChI=1S/C13H18F3NO2S/c1-9(2)12(8-18)17-20(3,19)11-6-4-10(5-7-11)13(14,15)16/h4-7,9,12,18H,8H2,1-3H3/t12-,20?/m0/s1. The van der Waals surface area contributed by atoms with Crippen molar-refractivity contribution in [1.29, 1.82) is 0 Å². The fraction of sp³-hybridized carbons (Fsp3) is 0.538. The van der Waals surface area contributed by atoms with Gasteiger partial charge in [0, 0.05) is 11.2 Å². The lowest BCUT2D eigenvalue weighted by Crippen LogP contribution is -2.19. The number of aliphatic hydroxyl groups excluding tert-OH is 1. The molecule has 7 heteroatoms. The summed E-state index contributed by atoms with van der Waals surface area (Å²) in [6.07, 6.45) is -3.06. The molecule has 0 spiro atoms. The van der Waals surface area contributed by atoms with Gasteiger partial charge >= 0.3 is 6.18 Å². The Morgan fingerprint density at radius 1 is 1.25 bits per heavy atom. The summed E-state index contributed by atoms with van der Waals surface area (Å²) in [6, 6.07) is 3.61. The fourth-order valence-corrected chi connectivity index (χ4v) is 3.17. The van der Waals surface area contributed by atoms with Gasteiger partial charge in [0.25, 0.3) is 0 Å². The largest absolute Gasteiger partial charge is 0.416 e. The van der Waals surface area contributed by atoms with Gasteiger partial charge in [-0.15, -0.1) is 0 Å². The van der Waals surface area contributed by atoms with Crippen molar-refractivity contribution in [2.75, 3.05) is 12.9 Å². The molecule has 1 aromatic carbocycles. The molecule has 0 radical (unpaired) electrons. The molecular formula is C13H18F3NO2S. The molecule has 0 aliphatic heterocycles. The molecule has 0 amide bonds. The average molecular weight is 309 g/mol. The second kappa shape index (κ2) is 6.13. The second-order valence-corrected chi connectivity index (χ2v) is 7.21. The number of nitrogens with zero attached hydrogens (tertiary/aromatic N) is 1. The summed E-state index contributed by atoms with van der Waals surface area (Å²) < 4.78 is 53.9. The quantitative estimate of drug-likeness (QED) is 0.928. The lowest BCUT2D eigenvalue weighted by atomic mass is 10.1. The lowest BCUT2D eigenvalue weighted by Gasteiger charge is -2.16. The van der Waals surface area contributed by atoms with Gasteiger partial charge in [0.2, 0.25) is 0 Å². The van der Waals surface area contributed by atoms with Crippen molar-refractivity contribution >= 4 is 9.73 Å². The van der Waals surface area contributed by atoms with Crippen molar-refractivity contribution in [3.05, 3.63) is 29.8 Å². The Bertz CT molecular complexity index is 558. The third-order valence-electron chi connectivity index (χ3n) is 2.91. The van der Waals surface area contributed by atoms with Gasteiger partial charge in [-0.25, -0.2) is 8.57 Å². The Morgan fingerprint density at radius 2 is 1.75 bits per heavy atom. The average Bonchev–Trinajstić information content (AvgIpc) is 2.35. The first-order valence-corrected chi connectivity index (χ1v) is 7.99. The van der Waals surface area contributed by atoms with E-state index in [0.717, 1.165) is 12.1 Å². The molecule has 3 nitrogen and oxygen atoms in total. The van der Waals surface area contributed by atoms with Crippen molar-refractivity contribution in [3.63, 3.8) is 0 Å². The topological polar surface area (TPSA) is 49.7 Å². The van der Waals surface area contributed by atoms with Crippen molar-refractivity contribution in [2.24, 2.45) is 10.3 Å². The predicted octanol–water partition coefficient (Wildman–Crippen LogP) is 3.18. The predicted molar refractivity (Wildman–Crippen MR) is 71.9 cm³/mol. The highest BCUT2D eigenvalue weighted by atomic mass is 32.2. The summed E-state index contributed by atoms with van der Waals surface area (Å²) in [4.78, 5) is 0.226. The van der Waals surface area contributed by atoms with Crippen LogP contribution in [0.5, 0.6) is 0 Å². The van der Waals surface area contributed by atoms with E-state index >= 15 is 0 Å². The first kappa shape index (κ1) is 17.0. The number of aliphatic hydroxyl groups is 1. The van der Waals surface area contributed by atoms with Crippen LogP contribution in [0.3, 0.4) is 0 Å². The third kappa shape index (κ3) is 4.21. The zero-order chi connectivity index (χ0) is 15.6. The molecule has 0 heterocycles. The van der Waals surface area contributed by atoms with Crippen LogP contribution in [-0.4, -0.2) is 28.2 Å². The van der Waals surface area contributed by atoms with Crippen LogP contribution in [-0.2, 0) is 15.9 Å². The molecule has 0 aliphatic carbocycles. The van der Waals surface area contributed by atoms with Crippen LogP contribution >= 0.6 is 0 Å². The molecule has 114 valence electrons.